The largest absolute Gasteiger partial charge is 0.145 e. The molecule has 0 radical (unpaired) electrons. The lowest BCUT2D eigenvalue weighted by atomic mass is 9.89. The molecule has 0 aliphatic carbocycles. The third-order valence-electron chi connectivity index (χ3n) is 2.75. The first-order chi connectivity index (χ1) is 5.97. The van der Waals surface area contributed by atoms with Crippen LogP contribution in [0, 0.1) is 0 Å². The molecule has 0 unspecified atom stereocenters. The maximum Gasteiger partial charge on any atom is 0.0104 e. The summed E-state index contributed by atoms with van der Waals surface area (Å²) in [5.41, 5.74) is 0.359. The molecule has 0 aliphatic rings. The van der Waals surface area contributed by atoms with E-state index in [9.17, 15) is 0 Å². The van der Waals surface area contributed by atoms with Crippen molar-refractivity contribution < 1.29 is 0 Å². The molecule has 1 heteroatoms. The van der Waals surface area contributed by atoms with Gasteiger partial charge in [0, 0.05) is 9.75 Å². The normalized spacial score (nSPS) is 12.5. The second kappa shape index (κ2) is 3.83. The highest BCUT2D eigenvalue weighted by Crippen LogP contribution is 2.34. The van der Waals surface area contributed by atoms with Gasteiger partial charge in [-0.25, -0.2) is 0 Å². The lowest BCUT2D eigenvalue weighted by Gasteiger charge is -2.20. The predicted octanol–water partition coefficient (Wildman–Crippen LogP) is 4.56. The molecule has 0 amide bonds. The van der Waals surface area contributed by atoms with Crippen molar-refractivity contribution in [1.29, 1.82) is 0 Å². The van der Waals surface area contributed by atoms with E-state index in [-0.39, 0.29) is 0 Å². The number of rotatable bonds is 3. The van der Waals surface area contributed by atoms with E-state index in [0.29, 0.717) is 11.3 Å². The molecule has 0 nitrogen and oxygen atoms in total. The smallest absolute Gasteiger partial charge is 0.0104 e. The molecule has 74 valence electrons. The molecule has 1 aromatic heterocycles. The molecule has 0 spiro atoms. The summed E-state index contributed by atoms with van der Waals surface area (Å²) in [4.78, 5) is 3.04. The zero-order valence-electron chi connectivity index (χ0n) is 9.35. The van der Waals surface area contributed by atoms with Gasteiger partial charge in [-0.3, -0.25) is 0 Å². The van der Waals surface area contributed by atoms with Crippen molar-refractivity contribution in [2.45, 2.75) is 52.4 Å². The van der Waals surface area contributed by atoms with Crippen LogP contribution in [0.25, 0.3) is 0 Å². The summed E-state index contributed by atoms with van der Waals surface area (Å²) in [5.74, 6) is 0.673. The summed E-state index contributed by atoms with van der Waals surface area (Å²) in [7, 11) is 0. The fraction of sp³-hybridized carbons (Fsp3) is 0.667. The van der Waals surface area contributed by atoms with Gasteiger partial charge >= 0.3 is 0 Å². The van der Waals surface area contributed by atoms with E-state index >= 15 is 0 Å². The lowest BCUT2D eigenvalue weighted by Crippen LogP contribution is -2.12. The maximum atomic E-state index is 2.32. The first-order valence-electron chi connectivity index (χ1n) is 5.07. The van der Waals surface area contributed by atoms with Crippen LogP contribution >= 0.6 is 11.3 Å². The van der Waals surface area contributed by atoms with E-state index in [1.165, 1.54) is 16.2 Å². The summed E-state index contributed by atoms with van der Waals surface area (Å²) in [6.45, 7) is 11.4. The van der Waals surface area contributed by atoms with E-state index in [1.54, 1.807) is 0 Å². The minimum atomic E-state index is 0.359. The van der Waals surface area contributed by atoms with Gasteiger partial charge in [-0.15, -0.1) is 11.3 Å². The number of thiophene rings is 1. The van der Waals surface area contributed by atoms with Crippen LogP contribution in [0.15, 0.2) is 12.1 Å². The number of hydrogen-bond acceptors (Lipinski definition) is 1. The Hall–Kier alpha value is -0.300. The van der Waals surface area contributed by atoms with Gasteiger partial charge < -0.3 is 0 Å². The second-order valence-electron chi connectivity index (χ2n) is 4.59. The Bertz CT molecular complexity index is 268. The third-order valence-corrected chi connectivity index (χ3v) is 4.50. The van der Waals surface area contributed by atoms with E-state index in [0.717, 1.165) is 0 Å². The Balaban J connectivity index is 2.91. The zero-order chi connectivity index (χ0) is 10.1. The maximum absolute atomic E-state index is 2.32. The van der Waals surface area contributed by atoms with E-state index < -0.39 is 0 Å². The van der Waals surface area contributed by atoms with Crippen LogP contribution in [-0.4, -0.2) is 0 Å². The molecule has 0 aliphatic heterocycles. The molecule has 0 aromatic carbocycles. The molecule has 1 heterocycles. The van der Waals surface area contributed by atoms with Gasteiger partial charge in [0.15, 0.2) is 0 Å². The van der Waals surface area contributed by atoms with Gasteiger partial charge in [0.2, 0.25) is 0 Å². The third kappa shape index (κ3) is 2.34. The first kappa shape index (κ1) is 10.8. The van der Waals surface area contributed by atoms with Gasteiger partial charge in [0.1, 0.15) is 0 Å². The average molecular weight is 196 g/mol. The highest BCUT2D eigenvalue weighted by atomic mass is 32.1. The van der Waals surface area contributed by atoms with Crippen molar-refractivity contribution in [3.63, 3.8) is 0 Å². The Kier molecular flexibility index (Phi) is 3.18. The summed E-state index contributed by atoms with van der Waals surface area (Å²) >= 11 is 1.97. The Morgan fingerprint density at radius 2 is 1.92 bits per heavy atom. The van der Waals surface area contributed by atoms with Gasteiger partial charge in [-0.1, -0.05) is 34.6 Å². The molecule has 0 saturated heterocycles. The van der Waals surface area contributed by atoms with Crippen molar-refractivity contribution in [1.82, 2.24) is 0 Å². The van der Waals surface area contributed by atoms with E-state index in [2.05, 4.69) is 46.8 Å². The summed E-state index contributed by atoms with van der Waals surface area (Å²) in [6, 6.07) is 4.57. The molecule has 1 rings (SSSR count). The first-order valence-corrected chi connectivity index (χ1v) is 5.89. The SMILES string of the molecule is CCC(C)(C)c1ccc(C(C)C)s1. The molecule has 0 atom stereocenters. The number of hydrogen-bond donors (Lipinski definition) is 0. The van der Waals surface area contributed by atoms with Crippen LogP contribution in [0.4, 0.5) is 0 Å². The van der Waals surface area contributed by atoms with Crippen LogP contribution < -0.4 is 0 Å². The van der Waals surface area contributed by atoms with Crippen LogP contribution in [0.2, 0.25) is 0 Å². The zero-order valence-corrected chi connectivity index (χ0v) is 10.2. The van der Waals surface area contributed by atoms with Crippen molar-refractivity contribution in [2.24, 2.45) is 0 Å². The van der Waals surface area contributed by atoms with Crippen molar-refractivity contribution in [3.8, 4) is 0 Å². The quantitative estimate of drug-likeness (QED) is 0.665. The van der Waals surface area contributed by atoms with Crippen LogP contribution in [0.3, 0.4) is 0 Å². The van der Waals surface area contributed by atoms with Gasteiger partial charge in [0.05, 0.1) is 0 Å². The van der Waals surface area contributed by atoms with Gasteiger partial charge in [-0.2, -0.15) is 0 Å². The van der Waals surface area contributed by atoms with Crippen LogP contribution in [-0.2, 0) is 5.41 Å². The van der Waals surface area contributed by atoms with Crippen LogP contribution in [0.1, 0.15) is 56.7 Å². The predicted molar refractivity (Wildman–Crippen MR) is 61.7 cm³/mol. The van der Waals surface area contributed by atoms with E-state index in [4.69, 9.17) is 0 Å². The summed E-state index contributed by atoms with van der Waals surface area (Å²) in [5, 5.41) is 0. The summed E-state index contributed by atoms with van der Waals surface area (Å²) in [6.07, 6.45) is 1.21. The minimum absolute atomic E-state index is 0.359. The van der Waals surface area contributed by atoms with Crippen molar-refractivity contribution in [2.75, 3.05) is 0 Å². The van der Waals surface area contributed by atoms with Gasteiger partial charge in [-0.05, 0) is 29.9 Å². The fourth-order valence-corrected chi connectivity index (χ4v) is 2.38. The fourth-order valence-electron chi connectivity index (χ4n) is 1.20. The standard InChI is InChI=1S/C12H20S/c1-6-12(4,5)11-8-7-10(13-11)9(2)3/h7-9H,6H2,1-5H3. The molecule has 0 bridgehead atoms. The summed E-state index contributed by atoms with van der Waals surface area (Å²) < 4.78 is 0. The highest BCUT2D eigenvalue weighted by Gasteiger charge is 2.20. The molecule has 0 saturated carbocycles. The monoisotopic (exact) mass is 196 g/mol. The van der Waals surface area contributed by atoms with Crippen LogP contribution in [0.5, 0.6) is 0 Å². The molecule has 1 aromatic rings. The topological polar surface area (TPSA) is 0 Å². The molecule has 0 fully saturated rings. The Morgan fingerprint density at radius 1 is 1.31 bits per heavy atom. The molecule has 13 heavy (non-hydrogen) atoms. The molecule has 0 N–H and O–H groups in total. The highest BCUT2D eigenvalue weighted by molar-refractivity contribution is 7.12. The lowest BCUT2D eigenvalue weighted by molar-refractivity contribution is 0.517. The van der Waals surface area contributed by atoms with Crippen molar-refractivity contribution in [3.05, 3.63) is 21.9 Å². The average Bonchev–Trinajstić information content (AvgIpc) is 2.52. The van der Waals surface area contributed by atoms with Gasteiger partial charge in [0.25, 0.3) is 0 Å². The van der Waals surface area contributed by atoms with Crippen molar-refractivity contribution >= 4 is 11.3 Å². The minimum Gasteiger partial charge on any atom is -0.145 e. The Labute approximate surface area is 86.0 Å². The Morgan fingerprint density at radius 3 is 2.31 bits per heavy atom. The second-order valence-corrected chi connectivity index (χ2v) is 5.71. The molecular weight excluding hydrogens is 176 g/mol. The van der Waals surface area contributed by atoms with E-state index in [1.807, 2.05) is 11.3 Å². The molecular formula is C12H20S.